The van der Waals surface area contributed by atoms with Crippen LogP contribution in [0.25, 0.3) is 0 Å². The Bertz CT molecular complexity index is 1610. The standard InChI is InChI=1S/C29H28ClN7O3S3/c30-16-25(38)32-28-22(21-13-7-8-14-23(21)42-28)15-24-33-35-29(37(24)36-27(40)20-11-5-2-6-12-20)43-41-18-26(39)34-31-17-19-9-3-1-4-10-19/h1-6,9-12,17H,7-8,13-16,18H2,(H,32,38)(H,34,39)(H,36,40)/b31-17-. The number of carbonyl (C=O) groups is 3. The molecule has 0 spiro atoms. The Labute approximate surface area is 265 Å². The summed E-state index contributed by atoms with van der Waals surface area (Å²) in [4.78, 5) is 39.0. The van der Waals surface area contributed by atoms with Gasteiger partial charge in [-0.05, 0) is 65.3 Å². The smallest absolute Gasteiger partial charge is 0.270 e. The van der Waals surface area contributed by atoms with E-state index in [1.54, 1.807) is 46.5 Å². The van der Waals surface area contributed by atoms with Gasteiger partial charge in [-0.1, -0.05) is 59.3 Å². The number of hydrazone groups is 1. The number of aryl methyl sites for hydroxylation is 1. The molecule has 5 rings (SSSR count). The minimum atomic E-state index is -0.329. The van der Waals surface area contributed by atoms with E-state index in [-0.39, 0.29) is 29.4 Å². The fourth-order valence-corrected chi connectivity index (χ4v) is 7.62. The zero-order valence-corrected chi connectivity index (χ0v) is 26.1. The Kier molecular flexibility index (Phi) is 10.9. The van der Waals surface area contributed by atoms with E-state index in [0.29, 0.717) is 23.0 Å². The Morgan fingerprint density at radius 3 is 2.51 bits per heavy atom. The highest BCUT2D eigenvalue weighted by atomic mass is 35.5. The second kappa shape index (κ2) is 15.2. The van der Waals surface area contributed by atoms with Crippen LogP contribution >= 0.6 is 44.5 Å². The number of anilines is 1. The normalized spacial score (nSPS) is 12.6. The van der Waals surface area contributed by atoms with Crippen LogP contribution in [0.1, 0.15) is 50.6 Å². The molecule has 1 aliphatic rings. The summed E-state index contributed by atoms with van der Waals surface area (Å²) in [6.07, 6.45) is 5.93. The van der Waals surface area contributed by atoms with Gasteiger partial charge >= 0.3 is 0 Å². The van der Waals surface area contributed by atoms with E-state index >= 15 is 0 Å². The first-order valence-electron chi connectivity index (χ1n) is 13.5. The first-order chi connectivity index (χ1) is 21.0. The lowest BCUT2D eigenvalue weighted by molar-refractivity contribution is -0.118. The molecule has 0 aliphatic heterocycles. The van der Waals surface area contributed by atoms with E-state index in [2.05, 4.69) is 31.5 Å². The molecule has 14 heteroatoms. The van der Waals surface area contributed by atoms with Crippen LogP contribution in [0.4, 0.5) is 5.00 Å². The summed E-state index contributed by atoms with van der Waals surface area (Å²) in [5, 5.41) is 16.8. The van der Waals surface area contributed by atoms with Gasteiger partial charge < -0.3 is 5.32 Å². The van der Waals surface area contributed by atoms with Crippen molar-refractivity contribution in [3.05, 3.63) is 93.6 Å². The van der Waals surface area contributed by atoms with Crippen molar-refractivity contribution in [2.24, 2.45) is 5.10 Å². The molecule has 0 fully saturated rings. The molecule has 10 nitrogen and oxygen atoms in total. The summed E-state index contributed by atoms with van der Waals surface area (Å²) in [7, 11) is 2.46. The van der Waals surface area contributed by atoms with Crippen molar-refractivity contribution in [1.29, 1.82) is 0 Å². The van der Waals surface area contributed by atoms with E-state index in [0.717, 1.165) is 41.8 Å². The van der Waals surface area contributed by atoms with Crippen molar-refractivity contribution in [3.8, 4) is 0 Å². The van der Waals surface area contributed by atoms with Crippen LogP contribution in [0, 0.1) is 0 Å². The molecule has 0 saturated heterocycles. The Balaban J connectivity index is 1.33. The number of benzene rings is 2. The molecular weight excluding hydrogens is 626 g/mol. The van der Waals surface area contributed by atoms with E-state index in [9.17, 15) is 14.4 Å². The highest BCUT2D eigenvalue weighted by Crippen LogP contribution is 2.39. The minimum Gasteiger partial charge on any atom is -0.316 e. The number of nitrogens with zero attached hydrogens (tertiary/aromatic N) is 4. The fourth-order valence-electron chi connectivity index (χ4n) is 4.46. The van der Waals surface area contributed by atoms with Gasteiger partial charge in [0.1, 0.15) is 5.88 Å². The second-order valence-corrected chi connectivity index (χ2v) is 13.1. The van der Waals surface area contributed by atoms with Gasteiger partial charge in [0, 0.05) is 16.9 Å². The van der Waals surface area contributed by atoms with Crippen molar-refractivity contribution >= 4 is 73.5 Å². The van der Waals surface area contributed by atoms with Crippen molar-refractivity contribution < 1.29 is 14.4 Å². The molecule has 1 aliphatic carbocycles. The third-order valence-corrected chi connectivity index (χ3v) is 10.0. The van der Waals surface area contributed by atoms with Crippen LogP contribution < -0.4 is 16.2 Å². The van der Waals surface area contributed by atoms with E-state index in [1.165, 1.54) is 32.0 Å². The van der Waals surface area contributed by atoms with Gasteiger partial charge in [-0.3, -0.25) is 19.8 Å². The Hall–Kier alpha value is -3.65. The molecule has 43 heavy (non-hydrogen) atoms. The number of amides is 3. The molecule has 0 unspecified atom stereocenters. The highest BCUT2D eigenvalue weighted by molar-refractivity contribution is 8.76. The summed E-state index contributed by atoms with van der Waals surface area (Å²) in [6.45, 7) is 0. The van der Waals surface area contributed by atoms with Crippen molar-refractivity contribution in [3.63, 3.8) is 0 Å². The van der Waals surface area contributed by atoms with Crippen LogP contribution in [0.5, 0.6) is 0 Å². The molecule has 0 atom stereocenters. The summed E-state index contributed by atoms with van der Waals surface area (Å²) < 4.78 is 1.55. The maximum absolute atomic E-state index is 13.2. The molecule has 2 aromatic carbocycles. The van der Waals surface area contributed by atoms with Gasteiger partial charge in [-0.15, -0.1) is 33.1 Å². The van der Waals surface area contributed by atoms with Crippen LogP contribution in [-0.4, -0.2) is 50.4 Å². The summed E-state index contributed by atoms with van der Waals surface area (Å²) in [5.41, 5.74) is 8.95. The number of aromatic nitrogens is 3. The molecule has 0 saturated carbocycles. The monoisotopic (exact) mass is 653 g/mol. The maximum atomic E-state index is 13.2. The number of alkyl halides is 1. The van der Waals surface area contributed by atoms with Gasteiger partial charge in [-0.2, -0.15) is 5.10 Å². The molecule has 222 valence electrons. The topological polar surface area (TPSA) is 130 Å². The zero-order chi connectivity index (χ0) is 30.0. The average Bonchev–Trinajstić information content (AvgIpc) is 3.58. The SMILES string of the molecule is O=C(CSSc1nnc(Cc2c(NC(=O)CCl)sc3c2CCCC3)n1NC(=O)c1ccccc1)N/N=C\c1ccccc1. The lowest BCUT2D eigenvalue weighted by Gasteiger charge is -2.15. The highest BCUT2D eigenvalue weighted by Gasteiger charge is 2.25. The number of fused-ring (bicyclic) bond motifs is 1. The number of hydrogen-bond acceptors (Lipinski definition) is 9. The van der Waals surface area contributed by atoms with Crippen LogP contribution in [0.3, 0.4) is 0 Å². The van der Waals surface area contributed by atoms with Crippen molar-refractivity contribution in [2.45, 2.75) is 37.3 Å². The molecule has 3 amide bonds. The second-order valence-electron chi connectivity index (χ2n) is 9.47. The summed E-state index contributed by atoms with van der Waals surface area (Å²) in [5.74, 6) is -0.443. The maximum Gasteiger partial charge on any atom is 0.270 e. The number of rotatable bonds is 12. The molecule has 0 bridgehead atoms. The number of carbonyl (C=O) groups excluding carboxylic acids is 3. The Morgan fingerprint density at radius 1 is 1.00 bits per heavy atom. The summed E-state index contributed by atoms with van der Waals surface area (Å²) >= 11 is 7.36. The van der Waals surface area contributed by atoms with Crippen LogP contribution in [-0.2, 0) is 28.9 Å². The van der Waals surface area contributed by atoms with Gasteiger partial charge in [0.2, 0.25) is 11.1 Å². The first-order valence-corrected chi connectivity index (χ1v) is 17.1. The number of halogens is 1. The number of thiophene rings is 1. The van der Waals surface area contributed by atoms with E-state index in [4.69, 9.17) is 11.6 Å². The van der Waals surface area contributed by atoms with Gasteiger partial charge in [0.05, 0.1) is 17.0 Å². The molecule has 4 aromatic rings. The fraction of sp³-hybridized carbons (Fsp3) is 0.241. The van der Waals surface area contributed by atoms with Gasteiger partial charge in [-0.25, -0.2) is 10.1 Å². The largest absolute Gasteiger partial charge is 0.316 e. The molecule has 2 aromatic heterocycles. The van der Waals surface area contributed by atoms with Gasteiger partial charge in [0.15, 0.2) is 5.82 Å². The average molecular weight is 654 g/mol. The lowest BCUT2D eigenvalue weighted by atomic mass is 9.94. The number of hydrogen-bond donors (Lipinski definition) is 3. The van der Waals surface area contributed by atoms with E-state index in [1.807, 2.05) is 36.4 Å². The molecule has 0 radical (unpaired) electrons. The molecule has 2 heterocycles. The lowest BCUT2D eigenvalue weighted by Crippen LogP contribution is -2.26. The predicted molar refractivity (Wildman–Crippen MR) is 174 cm³/mol. The zero-order valence-electron chi connectivity index (χ0n) is 22.9. The number of nitrogens with one attached hydrogen (secondary N) is 3. The Morgan fingerprint density at radius 2 is 1.74 bits per heavy atom. The van der Waals surface area contributed by atoms with Gasteiger partial charge in [0.25, 0.3) is 11.8 Å². The predicted octanol–water partition coefficient (Wildman–Crippen LogP) is 5.26. The third kappa shape index (κ3) is 8.25. The minimum absolute atomic E-state index is 0.0955. The quantitative estimate of drug-likeness (QED) is 0.0823. The first kappa shape index (κ1) is 30.8. The third-order valence-electron chi connectivity index (χ3n) is 6.47. The summed E-state index contributed by atoms with van der Waals surface area (Å²) in [6, 6.07) is 18.3. The van der Waals surface area contributed by atoms with E-state index < -0.39 is 0 Å². The van der Waals surface area contributed by atoms with Crippen LogP contribution in [0.2, 0.25) is 0 Å². The van der Waals surface area contributed by atoms with Crippen molar-refractivity contribution in [2.75, 3.05) is 22.4 Å². The van der Waals surface area contributed by atoms with Crippen molar-refractivity contribution in [1.82, 2.24) is 20.3 Å². The van der Waals surface area contributed by atoms with Crippen LogP contribution in [0.15, 0.2) is 70.9 Å². The molecule has 3 N–H and O–H groups in total. The molecular formula is C29H28ClN7O3S3.